The molecule has 3 aromatic rings. The first-order chi connectivity index (χ1) is 11.3. The van der Waals surface area contributed by atoms with Gasteiger partial charge in [0.05, 0.1) is 0 Å². The molecule has 1 saturated carbocycles. The molecule has 0 spiro atoms. The minimum absolute atomic E-state index is 0.169. The van der Waals surface area contributed by atoms with Crippen molar-refractivity contribution in [2.24, 2.45) is 0 Å². The summed E-state index contributed by atoms with van der Waals surface area (Å²) in [6, 6.07) is 32.4. The summed E-state index contributed by atoms with van der Waals surface area (Å²) in [6.07, 6.45) is 1.14. The van der Waals surface area contributed by atoms with E-state index in [9.17, 15) is 0 Å². The molecule has 3 aromatic carbocycles. The Morgan fingerprint density at radius 1 is 0.652 bits per heavy atom. The first-order valence-electron chi connectivity index (χ1n) is 8.19. The third-order valence-electron chi connectivity index (χ3n) is 4.91. The molecule has 0 N–H and O–H groups in total. The number of hydrogen-bond acceptors (Lipinski definition) is 0. The molecule has 112 valence electrons. The van der Waals surface area contributed by atoms with Crippen molar-refractivity contribution in [3.63, 3.8) is 0 Å². The zero-order valence-electron chi connectivity index (χ0n) is 13.4. The van der Waals surface area contributed by atoms with Crippen LogP contribution in [0, 0.1) is 0 Å². The molecular weight excluding hydrogens is 276 g/mol. The van der Waals surface area contributed by atoms with E-state index in [1.165, 1.54) is 22.3 Å². The Morgan fingerprint density at radius 2 is 1.09 bits per heavy atom. The third kappa shape index (κ3) is 2.51. The average Bonchev–Trinajstić information content (AvgIpc) is 3.30. The predicted molar refractivity (Wildman–Crippen MR) is 97.3 cm³/mol. The summed E-state index contributed by atoms with van der Waals surface area (Å²) in [7, 11) is 0. The van der Waals surface area contributed by atoms with Gasteiger partial charge in [-0.1, -0.05) is 97.9 Å². The molecule has 4 rings (SSSR count). The SMILES string of the molecule is CC1(c2ccccc2)CC1=C(c1ccccc1)c1ccccc1. The minimum Gasteiger partial charge on any atom is -0.0622 e. The van der Waals surface area contributed by atoms with Crippen LogP contribution in [0.3, 0.4) is 0 Å². The van der Waals surface area contributed by atoms with Crippen LogP contribution in [-0.2, 0) is 5.41 Å². The second kappa shape index (κ2) is 5.55. The average molecular weight is 296 g/mol. The maximum absolute atomic E-state index is 2.36. The molecule has 0 radical (unpaired) electrons. The van der Waals surface area contributed by atoms with E-state index in [1.807, 2.05) is 0 Å². The summed E-state index contributed by atoms with van der Waals surface area (Å²) >= 11 is 0. The second-order valence-corrected chi connectivity index (χ2v) is 6.46. The van der Waals surface area contributed by atoms with E-state index in [4.69, 9.17) is 0 Å². The molecule has 0 heteroatoms. The molecule has 23 heavy (non-hydrogen) atoms. The first-order valence-corrected chi connectivity index (χ1v) is 8.19. The van der Waals surface area contributed by atoms with Gasteiger partial charge in [-0.3, -0.25) is 0 Å². The molecule has 1 fully saturated rings. The molecule has 0 saturated heterocycles. The molecule has 1 atom stereocenters. The fourth-order valence-electron chi connectivity index (χ4n) is 3.48. The van der Waals surface area contributed by atoms with Gasteiger partial charge in [0.2, 0.25) is 0 Å². The fraction of sp³-hybridized carbons (Fsp3) is 0.130. The lowest BCUT2D eigenvalue weighted by molar-refractivity contribution is 0.821. The Balaban J connectivity index is 1.88. The Bertz CT molecular complexity index is 787. The molecule has 0 aliphatic heterocycles. The van der Waals surface area contributed by atoms with Crippen molar-refractivity contribution in [1.29, 1.82) is 0 Å². The standard InChI is InChI=1S/C23H20/c1-23(20-15-9-4-10-16-20)17-21(23)22(18-11-5-2-6-12-18)19-13-7-3-8-14-19/h2-16H,17H2,1H3. The van der Waals surface area contributed by atoms with Gasteiger partial charge in [-0.15, -0.1) is 0 Å². The highest BCUT2D eigenvalue weighted by Crippen LogP contribution is 2.57. The highest BCUT2D eigenvalue weighted by Gasteiger charge is 2.47. The zero-order valence-corrected chi connectivity index (χ0v) is 13.4. The maximum Gasteiger partial charge on any atom is 0.0181 e. The largest absolute Gasteiger partial charge is 0.0622 e. The van der Waals surface area contributed by atoms with Crippen LogP contribution in [0.1, 0.15) is 30.0 Å². The van der Waals surface area contributed by atoms with Gasteiger partial charge in [-0.2, -0.15) is 0 Å². The van der Waals surface area contributed by atoms with Crippen molar-refractivity contribution in [3.8, 4) is 0 Å². The number of hydrogen-bond donors (Lipinski definition) is 0. The molecule has 1 aliphatic rings. The third-order valence-corrected chi connectivity index (χ3v) is 4.91. The van der Waals surface area contributed by atoms with Gasteiger partial charge in [-0.05, 0) is 34.3 Å². The minimum atomic E-state index is 0.169. The van der Waals surface area contributed by atoms with Crippen molar-refractivity contribution >= 4 is 5.57 Å². The molecule has 0 amide bonds. The van der Waals surface area contributed by atoms with Gasteiger partial charge in [0.25, 0.3) is 0 Å². The highest BCUT2D eigenvalue weighted by molar-refractivity contribution is 5.87. The molecule has 1 unspecified atom stereocenters. The number of allylic oxidation sites excluding steroid dienone is 1. The topological polar surface area (TPSA) is 0 Å². The van der Waals surface area contributed by atoms with E-state index in [2.05, 4.69) is 97.9 Å². The Kier molecular flexibility index (Phi) is 3.38. The van der Waals surface area contributed by atoms with Crippen molar-refractivity contribution in [2.75, 3.05) is 0 Å². The maximum atomic E-state index is 2.36. The highest BCUT2D eigenvalue weighted by atomic mass is 14.5. The van der Waals surface area contributed by atoms with Crippen molar-refractivity contribution in [2.45, 2.75) is 18.8 Å². The summed E-state index contributed by atoms with van der Waals surface area (Å²) in [5, 5.41) is 0. The predicted octanol–water partition coefficient (Wildman–Crippen LogP) is 5.85. The van der Waals surface area contributed by atoms with Crippen LogP contribution in [-0.4, -0.2) is 0 Å². The summed E-state index contributed by atoms with van der Waals surface area (Å²) < 4.78 is 0. The normalized spacial score (nSPS) is 19.4. The molecule has 0 nitrogen and oxygen atoms in total. The zero-order chi connectivity index (χ0) is 15.7. The molecular formula is C23H20. The fourth-order valence-corrected chi connectivity index (χ4v) is 3.48. The van der Waals surface area contributed by atoms with Gasteiger partial charge in [-0.25, -0.2) is 0 Å². The lowest BCUT2D eigenvalue weighted by Crippen LogP contribution is -2.01. The lowest BCUT2D eigenvalue weighted by atomic mass is 9.91. The second-order valence-electron chi connectivity index (χ2n) is 6.46. The van der Waals surface area contributed by atoms with E-state index in [0.717, 1.165) is 6.42 Å². The van der Waals surface area contributed by atoms with Crippen LogP contribution in [0.5, 0.6) is 0 Å². The summed E-state index contributed by atoms with van der Waals surface area (Å²) in [5.74, 6) is 0. The first kappa shape index (κ1) is 14.0. The Hall–Kier alpha value is -2.60. The van der Waals surface area contributed by atoms with Crippen LogP contribution in [0.25, 0.3) is 5.57 Å². The number of rotatable bonds is 3. The van der Waals surface area contributed by atoms with Gasteiger partial charge in [0, 0.05) is 5.41 Å². The smallest absolute Gasteiger partial charge is 0.0181 e. The van der Waals surface area contributed by atoms with E-state index >= 15 is 0 Å². The van der Waals surface area contributed by atoms with Gasteiger partial charge < -0.3 is 0 Å². The van der Waals surface area contributed by atoms with E-state index < -0.39 is 0 Å². The van der Waals surface area contributed by atoms with Gasteiger partial charge in [0.15, 0.2) is 0 Å². The summed E-state index contributed by atoms with van der Waals surface area (Å²) in [6.45, 7) is 2.36. The molecule has 0 bridgehead atoms. The quantitative estimate of drug-likeness (QED) is 0.568. The molecule has 0 aromatic heterocycles. The van der Waals surface area contributed by atoms with Crippen LogP contribution >= 0.6 is 0 Å². The van der Waals surface area contributed by atoms with Crippen LogP contribution in [0.4, 0.5) is 0 Å². The van der Waals surface area contributed by atoms with E-state index in [-0.39, 0.29) is 5.41 Å². The molecule has 1 aliphatic carbocycles. The van der Waals surface area contributed by atoms with Gasteiger partial charge >= 0.3 is 0 Å². The van der Waals surface area contributed by atoms with Crippen LogP contribution in [0.2, 0.25) is 0 Å². The van der Waals surface area contributed by atoms with Crippen molar-refractivity contribution in [3.05, 3.63) is 113 Å². The van der Waals surface area contributed by atoms with Crippen LogP contribution < -0.4 is 0 Å². The van der Waals surface area contributed by atoms with E-state index in [1.54, 1.807) is 5.57 Å². The summed E-state index contributed by atoms with van der Waals surface area (Å²) in [5.41, 5.74) is 7.15. The number of benzene rings is 3. The Morgan fingerprint density at radius 3 is 1.57 bits per heavy atom. The van der Waals surface area contributed by atoms with Crippen molar-refractivity contribution in [1.82, 2.24) is 0 Å². The molecule has 0 heterocycles. The van der Waals surface area contributed by atoms with Gasteiger partial charge in [0.1, 0.15) is 0 Å². The van der Waals surface area contributed by atoms with Crippen LogP contribution in [0.15, 0.2) is 96.6 Å². The lowest BCUT2D eigenvalue weighted by Gasteiger charge is -2.13. The monoisotopic (exact) mass is 296 g/mol. The summed E-state index contributed by atoms with van der Waals surface area (Å²) in [4.78, 5) is 0. The van der Waals surface area contributed by atoms with E-state index in [0.29, 0.717) is 0 Å². The van der Waals surface area contributed by atoms with Crippen molar-refractivity contribution < 1.29 is 0 Å². The Labute approximate surface area is 138 Å².